The SMILES string of the molecule is Cc1nc2c(c(N(C)C(C)c3ccc(S(C)=O)cc3)n1)CCCC2. The number of benzene rings is 1. The van der Waals surface area contributed by atoms with Crippen molar-refractivity contribution in [3.05, 3.63) is 46.9 Å². The van der Waals surface area contributed by atoms with Gasteiger partial charge < -0.3 is 4.90 Å². The Bertz CT molecular complexity index is 758. The van der Waals surface area contributed by atoms with Crippen LogP contribution in [0.2, 0.25) is 0 Å². The van der Waals surface area contributed by atoms with Gasteiger partial charge in [-0.2, -0.15) is 0 Å². The monoisotopic (exact) mass is 343 g/mol. The summed E-state index contributed by atoms with van der Waals surface area (Å²) >= 11 is 0. The number of aryl methyl sites for hydroxylation is 2. The molecule has 2 atom stereocenters. The molecule has 0 N–H and O–H groups in total. The number of rotatable bonds is 4. The zero-order valence-electron chi connectivity index (χ0n) is 14.9. The predicted octanol–water partition coefficient (Wildman–Crippen LogP) is 3.60. The number of hydrogen-bond acceptors (Lipinski definition) is 4. The Balaban J connectivity index is 1.92. The second kappa shape index (κ2) is 7.01. The molecule has 1 heterocycles. The lowest BCUT2D eigenvalue weighted by Crippen LogP contribution is -2.26. The van der Waals surface area contributed by atoms with E-state index in [0.717, 1.165) is 29.4 Å². The van der Waals surface area contributed by atoms with Gasteiger partial charge in [-0.15, -0.1) is 0 Å². The van der Waals surface area contributed by atoms with Gasteiger partial charge >= 0.3 is 0 Å². The van der Waals surface area contributed by atoms with Crippen molar-refractivity contribution < 1.29 is 4.21 Å². The van der Waals surface area contributed by atoms with Crippen LogP contribution < -0.4 is 4.90 Å². The topological polar surface area (TPSA) is 46.1 Å². The van der Waals surface area contributed by atoms with Gasteiger partial charge in [0.25, 0.3) is 0 Å². The van der Waals surface area contributed by atoms with E-state index in [1.165, 1.54) is 29.7 Å². The lowest BCUT2D eigenvalue weighted by Gasteiger charge is -2.30. The molecule has 0 radical (unpaired) electrons. The van der Waals surface area contributed by atoms with E-state index in [-0.39, 0.29) is 6.04 Å². The van der Waals surface area contributed by atoms with Crippen molar-refractivity contribution in [2.45, 2.75) is 50.5 Å². The molecule has 24 heavy (non-hydrogen) atoms. The van der Waals surface area contributed by atoms with E-state index in [1.54, 1.807) is 6.26 Å². The molecule has 3 rings (SSSR count). The molecule has 0 saturated carbocycles. The van der Waals surface area contributed by atoms with Crippen LogP contribution in [0.25, 0.3) is 0 Å². The maximum absolute atomic E-state index is 11.6. The van der Waals surface area contributed by atoms with Crippen molar-refractivity contribution in [1.82, 2.24) is 9.97 Å². The third kappa shape index (κ3) is 3.36. The van der Waals surface area contributed by atoms with Crippen LogP contribution in [0.3, 0.4) is 0 Å². The van der Waals surface area contributed by atoms with E-state index in [2.05, 4.69) is 36.0 Å². The Kier molecular flexibility index (Phi) is 4.99. The first-order chi connectivity index (χ1) is 11.5. The molecule has 0 fully saturated rings. The number of fused-ring (bicyclic) bond motifs is 1. The fourth-order valence-electron chi connectivity index (χ4n) is 3.33. The molecule has 4 nitrogen and oxygen atoms in total. The zero-order chi connectivity index (χ0) is 17.3. The first-order valence-corrected chi connectivity index (χ1v) is 10.1. The highest BCUT2D eigenvalue weighted by Gasteiger charge is 2.22. The van der Waals surface area contributed by atoms with Gasteiger partial charge in [-0.05, 0) is 57.2 Å². The van der Waals surface area contributed by atoms with Crippen LogP contribution in [0, 0.1) is 6.92 Å². The van der Waals surface area contributed by atoms with Gasteiger partial charge in [-0.3, -0.25) is 4.21 Å². The number of anilines is 1. The third-order valence-corrected chi connectivity index (χ3v) is 5.82. The molecule has 1 aromatic carbocycles. The number of hydrogen-bond donors (Lipinski definition) is 0. The Morgan fingerprint density at radius 2 is 1.79 bits per heavy atom. The van der Waals surface area contributed by atoms with Gasteiger partial charge in [0.2, 0.25) is 0 Å². The van der Waals surface area contributed by atoms with Gasteiger partial charge in [-0.1, -0.05) is 12.1 Å². The fourth-order valence-corrected chi connectivity index (χ4v) is 3.85. The molecular formula is C19H25N3OS. The minimum absolute atomic E-state index is 0.199. The molecule has 1 aliphatic rings. The Hall–Kier alpha value is -1.75. The summed E-state index contributed by atoms with van der Waals surface area (Å²) in [6, 6.07) is 8.24. The van der Waals surface area contributed by atoms with Crippen LogP contribution in [-0.2, 0) is 23.6 Å². The zero-order valence-corrected chi connectivity index (χ0v) is 15.7. The fraction of sp³-hybridized carbons (Fsp3) is 0.474. The Morgan fingerprint density at radius 1 is 1.12 bits per heavy atom. The van der Waals surface area contributed by atoms with Crippen molar-refractivity contribution in [2.75, 3.05) is 18.2 Å². The smallest absolute Gasteiger partial charge is 0.136 e. The maximum atomic E-state index is 11.6. The molecule has 2 aromatic rings. The first kappa shape index (κ1) is 17.1. The minimum Gasteiger partial charge on any atom is -0.353 e. The number of aromatic nitrogens is 2. The van der Waals surface area contributed by atoms with E-state index in [1.807, 2.05) is 19.1 Å². The molecule has 1 aromatic heterocycles. The van der Waals surface area contributed by atoms with E-state index in [4.69, 9.17) is 4.98 Å². The van der Waals surface area contributed by atoms with Gasteiger partial charge in [0.1, 0.15) is 11.6 Å². The van der Waals surface area contributed by atoms with Crippen molar-refractivity contribution >= 4 is 16.6 Å². The van der Waals surface area contributed by atoms with Crippen LogP contribution >= 0.6 is 0 Å². The molecule has 128 valence electrons. The quantitative estimate of drug-likeness (QED) is 0.851. The summed E-state index contributed by atoms with van der Waals surface area (Å²) in [4.78, 5) is 12.5. The average molecular weight is 343 g/mol. The largest absolute Gasteiger partial charge is 0.353 e. The van der Waals surface area contributed by atoms with Crippen LogP contribution in [0.1, 0.15) is 48.5 Å². The maximum Gasteiger partial charge on any atom is 0.136 e. The second-order valence-electron chi connectivity index (χ2n) is 6.54. The summed E-state index contributed by atoms with van der Waals surface area (Å²) in [5.74, 6) is 1.91. The van der Waals surface area contributed by atoms with Gasteiger partial charge in [0, 0.05) is 40.3 Å². The minimum atomic E-state index is -0.936. The molecule has 0 saturated heterocycles. The lowest BCUT2D eigenvalue weighted by molar-refractivity contribution is 0.642. The summed E-state index contributed by atoms with van der Waals surface area (Å²) in [7, 11) is 1.17. The summed E-state index contributed by atoms with van der Waals surface area (Å²) in [5.41, 5.74) is 3.74. The molecule has 0 amide bonds. The molecule has 2 unspecified atom stereocenters. The van der Waals surface area contributed by atoms with Crippen molar-refractivity contribution in [3.63, 3.8) is 0 Å². The second-order valence-corrected chi connectivity index (χ2v) is 7.92. The first-order valence-electron chi connectivity index (χ1n) is 8.50. The summed E-state index contributed by atoms with van der Waals surface area (Å²) in [6.07, 6.45) is 6.27. The third-order valence-electron chi connectivity index (χ3n) is 4.88. The normalized spacial score (nSPS) is 16.3. The van der Waals surface area contributed by atoms with E-state index in [0.29, 0.717) is 0 Å². The van der Waals surface area contributed by atoms with Gasteiger partial charge in [-0.25, -0.2) is 9.97 Å². The van der Waals surface area contributed by atoms with Crippen molar-refractivity contribution in [1.29, 1.82) is 0 Å². The molecule has 0 aliphatic heterocycles. The highest BCUT2D eigenvalue weighted by atomic mass is 32.2. The summed E-state index contributed by atoms with van der Waals surface area (Å²) < 4.78 is 11.6. The molecule has 5 heteroatoms. The highest BCUT2D eigenvalue weighted by Crippen LogP contribution is 2.32. The van der Waals surface area contributed by atoms with Gasteiger partial charge in [0.05, 0.1) is 6.04 Å². The van der Waals surface area contributed by atoms with Crippen LogP contribution in [0.4, 0.5) is 5.82 Å². The lowest BCUT2D eigenvalue weighted by atomic mass is 9.95. The summed E-state index contributed by atoms with van der Waals surface area (Å²) in [5, 5.41) is 0. The van der Waals surface area contributed by atoms with Crippen LogP contribution in [-0.4, -0.2) is 27.5 Å². The van der Waals surface area contributed by atoms with Crippen molar-refractivity contribution in [3.8, 4) is 0 Å². The van der Waals surface area contributed by atoms with Gasteiger partial charge in [0.15, 0.2) is 0 Å². The van der Waals surface area contributed by atoms with E-state index in [9.17, 15) is 4.21 Å². The Labute approximate surface area is 146 Å². The summed E-state index contributed by atoms with van der Waals surface area (Å²) in [6.45, 7) is 4.16. The standard InChI is InChI=1S/C19H25N3OS/c1-13(15-9-11-16(12-10-15)24(4)23)22(3)19-17-7-5-6-8-18(17)20-14(2)21-19/h9-13H,5-8H2,1-4H3. The van der Waals surface area contributed by atoms with Crippen LogP contribution in [0.5, 0.6) is 0 Å². The molecule has 0 spiro atoms. The van der Waals surface area contributed by atoms with Crippen molar-refractivity contribution in [2.24, 2.45) is 0 Å². The number of nitrogens with zero attached hydrogens (tertiary/aromatic N) is 3. The highest BCUT2D eigenvalue weighted by molar-refractivity contribution is 7.84. The van der Waals surface area contributed by atoms with E-state index < -0.39 is 10.8 Å². The predicted molar refractivity (Wildman–Crippen MR) is 99.0 cm³/mol. The average Bonchev–Trinajstić information content (AvgIpc) is 2.59. The molecule has 1 aliphatic carbocycles. The molecular weight excluding hydrogens is 318 g/mol. The van der Waals surface area contributed by atoms with E-state index >= 15 is 0 Å². The van der Waals surface area contributed by atoms with Crippen LogP contribution in [0.15, 0.2) is 29.2 Å². The molecule has 0 bridgehead atoms. The Morgan fingerprint density at radius 3 is 2.46 bits per heavy atom.